The van der Waals surface area contributed by atoms with Crippen molar-refractivity contribution in [1.82, 2.24) is 9.97 Å². The monoisotopic (exact) mass is 222 g/mol. The van der Waals surface area contributed by atoms with Crippen LogP contribution in [-0.2, 0) is 6.61 Å². The lowest BCUT2D eigenvalue weighted by Gasteiger charge is -2.03. The Bertz CT molecular complexity index is 411. The van der Waals surface area contributed by atoms with Crippen LogP contribution in [0.5, 0.6) is 6.01 Å². The molecule has 0 aliphatic heterocycles. The molecule has 0 atom stereocenters. The van der Waals surface area contributed by atoms with Crippen molar-refractivity contribution in [3.63, 3.8) is 0 Å². The maximum Gasteiger partial charge on any atom is 0.316 e. The zero-order valence-electron chi connectivity index (χ0n) is 8.23. The molecular weight excluding hydrogens is 214 g/mol. The minimum Gasteiger partial charge on any atom is -0.459 e. The molecule has 0 fully saturated rings. The molecule has 3 nitrogen and oxygen atoms in total. The summed E-state index contributed by atoms with van der Waals surface area (Å²) in [6, 6.07) is 5.96. The summed E-state index contributed by atoms with van der Waals surface area (Å²) in [5.41, 5.74) is 0.786. The Hall–Kier alpha value is -2.04. The lowest BCUT2D eigenvalue weighted by molar-refractivity contribution is 0.279. The van der Waals surface area contributed by atoms with Crippen LogP contribution < -0.4 is 4.74 Å². The quantitative estimate of drug-likeness (QED) is 0.799. The molecule has 2 rings (SSSR count). The predicted octanol–water partition coefficient (Wildman–Crippen LogP) is 2.33. The maximum atomic E-state index is 12.6. The smallest absolute Gasteiger partial charge is 0.316 e. The molecule has 0 N–H and O–H groups in total. The molecule has 0 saturated heterocycles. The van der Waals surface area contributed by atoms with Gasteiger partial charge in [-0.3, -0.25) is 0 Å². The first-order valence-corrected chi connectivity index (χ1v) is 4.59. The minimum absolute atomic E-state index is 0.0886. The summed E-state index contributed by atoms with van der Waals surface area (Å²) >= 11 is 0. The van der Waals surface area contributed by atoms with E-state index in [-0.39, 0.29) is 18.4 Å². The molecule has 0 aliphatic rings. The Labute approximate surface area is 90.7 Å². The van der Waals surface area contributed by atoms with Gasteiger partial charge < -0.3 is 4.74 Å². The topological polar surface area (TPSA) is 35.0 Å². The first-order valence-electron chi connectivity index (χ1n) is 4.59. The van der Waals surface area contributed by atoms with Gasteiger partial charge in [0.15, 0.2) is 5.82 Å². The van der Waals surface area contributed by atoms with Gasteiger partial charge in [0, 0.05) is 0 Å². The van der Waals surface area contributed by atoms with Crippen LogP contribution in [0.25, 0.3) is 0 Å². The molecule has 0 radical (unpaired) electrons. The molecule has 0 saturated carbocycles. The van der Waals surface area contributed by atoms with Gasteiger partial charge in [0.05, 0.1) is 12.4 Å². The predicted molar refractivity (Wildman–Crippen MR) is 52.7 cm³/mol. The van der Waals surface area contributed by atoms with E-state index in [9.17, 15) is 8.78 Å². The van der Waals surface area contributed by atoms with E-state index in [4.69, 9.17) is 4.74 Å². The summed E-state index contributed by atoms with van der Waals surface area (Å²) in [4.78, 5) is 7.26. The number of hydrogen-bond acceptors (Lipinski definition) is 3. The van der Waals surface area contributed by atoms with Crippen LogP contribution in [0.1, 0.15) is 5.56 Å². The van der Waals surface area contributed by atoms with Crippen LogP contribution in [0.2, 0.25) is 0 Å². The number of benzene rings is 1. The van der Waals surface area contributed by atoms with Gasteiger partial charge in [0.25, 0.3) is 0 Å². The van der Waals surface area contributed by atoms with Gasteiger partial charge in [-0.2, -0.15) is 0 Å². The molecule has 16 heavy (non-hydrogen) atoms. The Balaban J connectivity index is 1.97. The van der Waals surface area contributed by atoms with Crippen LogP contribution >= 0.6 is 0 Å². The van der Waals surface area contributed by atoms with Crippen molar-refractivity contribution in [2.75, 3.05) is 0 Å². The van der Waals surface area contributed by atoms with Crippen molar-refractivity contribution in [3.8, 4) is 6.01 Å². The average Bonchev–Trinajstić information content (AvgIpc) is 2.30. The number of nitrogens with zero attached hydrogens (tertiary/aromatic N) is 2. The van der Waals surface area contributed by atoms with Crippen LogP contribution in [0.15, 0.2) is 36.7 Å². The summed E-state index contributed by atoms with van der Waals surface area (Å²) in [5.74, 6) is -0.823. The molecule has 0 unspecified atom stereocenters. The molecule has 0 spiro atoms. The molecule has 1 aromatic carbocycles. The number of ether oxygens (including phenoxy) is 1. The van der Waals surface area contributed by atoms with E-state index in [2.05, 4.69) is 9.97 Å². The molecule has 5 heteroatoms. The zero-order chi connectivity index (χ0) is 11.4. The summed E-state index contributed by atoms with van der Waals surface area (Å²) in [6.45, 7) is 0.214. The highest BCUT2D eigenvalue weighted by molar-refractivity contribution is 5.15. The third kappa shape index (κ3) is 2.73. The van der Waals surface area contributed by atoms with E-state index < -0.39 is 5.82 Å². The van der Waals surface area contributed by atoms with E-state index in [0.717, 1.165) is 18.0 Å². The zero-order valence-corrected chi connectivity index (χ0v) is 8.23. The fourth-order valence-corrected chi connectivity index (χ4v) is 1.10. The summed E-state index contributed by atoms with van der Waals surface area (Å²) in [5, 5.41) is 0. The van der Waals surface area contributed by atoms with Crippen LogP contribution in [0.4, 0.5) is 8.78 Å². The first kappa shape index (κ1) is 10.5. The fraction of sp³-hybridized carbons (Fsp3) is 0.0909. The average molecular weight is 222 g/mol. The molecule has 0 bridgehead atoms. The minimum atomic E-state index is -0.519. The lowest BCUT2D eigenvalue weighted by atomic mass is 10.2. The van der Waals surface area contributed by atoms with Crippen LogP contribution in [0.3, 0.4) is 0 Å². The number of rotatable bonds is 3. The van der Waals surface area contributed by atoms with Gasteiger partial charge in [0.1, 0.15) is 12.4 Å². The maximum absolute atomic E-state index is 12.6. The van der Waals surface area contributed by atoms with E-state index >= 15 is 0 Å². The van der Waals surface area contributed by atoms with Gasteiger partial charge in [-0.1, -0.05) is 12.1 Å². The second-order valence-corrected chi connectivity index (χ2v) is 3.10. The van der Waals surface area contributed by atoms with E-state index in [1.54, 1.807) is 12.1 Å². The highest BCUT2D eigenvalue weighted by Gasteiger charge is 1.99. The SMILES string of the molecule is Fc1ccc(COc2ncc(F)cn2)cc1. The Kier molecular flexibility index (Phi) is 3.05. The Morgan fingerprint density at radius 3 is 2.19 bits per heavy atom. The lowest BCUT2D eigenvalue weighted by Crippen LogP contribution is -1.99. The summed E-state index contributed by atoms with van der Waals surface area (Å²) in [7, 11) is 0. The van der Waals surface area contributed by atoms with E-state index in [0.29, 0.717) is 0 Å². The molecule has 0 aliphatic carbocycles. The normalized spacial score (nSPS) is 10.1. The van der Waals surface area contributed by atoms with Crippen molar-refractivity contribution < 1.29 is 13.5 Å². The van der Waals surface area contributed by atoms with Gasteiger partial charge in [0.2, 0.25) is 0 Å². The van der Waals surface area contributed by atoms with Gasteiger partial charge in [-0.25, -0.2) is 18.7 Å². The van der Waals surface area contributed by atoms with Crippen molar-refractivity contribution in [2.24, 2.45) is 0 Å². The van der Waals surface area contributed by atoms with Gasteiger partial charge >= 0.3 is 6.01 Å². The third-order valence-electron chi connectivity index (χ3n) is 1.88. The second-order valence-electron chi connectivity index (χ2n) is 3.10. The number of halogens is 2. The van der Waals surface area contributed by atoms with Gasteiger partial charge in [-0.15, -0.1) is 0 Å². The fourth-order valence-electron chi connectivity index (χ4n) is 1.10. The molecule has 82 valence electrons. The van der Waals surface area contributed by atoms with Crippen molar-refractivity contribution >= 4 is 0 Å². The van der Waals surface area contributed by atoms with Crippen molar-refractivity contribution in [1.29, 1.82) is 0 Å². The Morgan fingerprint density at radius 2 is 1.56 bits per heavy atom. The van der Waals surface area contributed by atoms with Crippen molar-refractivity contribution in [3.05, 3.63) is 53.9 Å². The first-order chi connectivity index (χ1) is 7.74. The van der Waals surface area contributed by atoms with Crippen molar-refractivity contribution in [2.45, 2.75) is 6.61 Å². The summed E-state index contributed by atoms with van der Waals surface area (Å²) < 4.78 is 30.2. The molecule has 1 heterocycles. The molecule has 1 aromatic heterocycles. The highest BCUT2D eigenvalue weighted by atomic mass is 19.1. The largest absolute Gasteiger partial charge is 0.459 e. The van der Waals surface area contributed by atoms with Crippen LogP contribution in [0, 0.1) is 11.6 Å². The highest BCUT2D eigenvalue weighted by Crippen LogP contribution is 2.07. The standard InChI is InChI=1S/C11H8F2N2O/c12-9-3-1-8(2-4-9)7-16-11-14-5-10(13)6-15-11/h1-6H,7H2. The summed E-state index contributed by atoms with van der Waals surface area (Å²) in [6.07, 6.45) is 2.04. The number of hydrogen-bond donors (Lipinski definition) is 0. The molecular formula is C11H8F2N2O. The van der Waals surface area contributed by atoms with E-state index in [1.807, 2.05) is 0 Å². The van der Waals surface area contributed by atoms with Gasteiger partial charge in [-0.05, 0) is 17.7 Å². The third-order valence-corrected chi connectivity index (χ3v) is 1.88. The van der Waals surface area contributed by atoms with Crippen LogP contribution in [-0.4, -0.2) is 9.97 Å². The molecule has 0 amide bonds. The Morgan fingerprint density at radius 1 is 0.938 bits per heavy atom. The van der Waals surface area contributed by atoms with E-state index in [1.165, 1.54) is 12.1 Å². The number of aromatic nitrogens is 2. The second kappa shape index (κ2) is 4.65. The molecule has 2 aromatic rings.